The number of nitrogens with one attached hydrogen (secondary N) is 1. The van der Waals surface area contributed by atoms with Gasteiger partial charge in [0.15, 0.2) is 5.65 Å². The first-order chi connectivity index (χ1) is 12.3. The zero-order chi connectivity index (χ0) is 17.1. The molecule has 4 aromatic rings. The molecule has 1 atom stereocenters. The fourth-order valence-electron chi connectivity index (χ4n) is 2.48. The van der Waals surface area contributed by atoms with Crippen molar-refractivity contribution in [1.29, 1.82) is 0 Å². The second-order valence-electron chi connectivity index (χ2n) is 5.60. The van der Waals surface area contributed by atoms with Gasteiger partial charge in [0.2, 0.25) is 0 Å². The maximum absolute atomic E-state index is 5.81. The molecule has 4 rings (SSSR count). The van der Waals surface area contributed by atoms with E-state index >= 15 is 0 Å². The van der Waals surface area contributed by atoms with Crippen molar-refractivity contribution in [3.63, 3.8) is 0 Å². The molecule has 0 aliphatic heterocycles. The van der Waals surface area contributed by atoms with Crippen molar-refractivity contribution in [1.82, 2.24) is 25.3 Å². The minimum Gasteiger partial charge on any atom is -0.457 e. The maximum Gasteiger partial charge on any atom is 0.200 e. The van der Waals surface area contributed by atoms with E-state index in [9.17, 15) is 0 Å². The molecule has 0 spiro atoms. The van der Waals surface area contributed by atoms with Gasteiger partial charge in [-0.3, -0.25) is 0 Å². The lowest BCUT2D eigenvalue weighted by Crippen LogP contribution is -2.09. The second kappa shape index (κ2) is 6.56. The van der Waals surface area contributed by atoms with Gasteiger partial charge in [-0.1, -0.05) is 30.3 Å². The summed E-state index contributed by atoms with van der Waals surface area (Å²) in [5, 5.41) is 18.9. The molecule has 124 valence electrons. The van der Waals surface area contributed by atoms with Crippen molar-refractivity contribution in [2.24, 2.45) is 0 Å². The SMILES string of the molecule is C[C@@H](Nc1ccc2nnnn2n1)c1ccc(Oc2ccccc2)cc1. The van der Waals surface area contributed by atoms with Crippen LogP contribution >= 0.6 is 0 Å². The van der Waals surface area contributed by atoms with Crippen LogP contribution in [0.2, 0.25) is 0 Å². The van der Waals surface area contributed by atoms with Gasteiger partial charge in [0.05, 0.1) is 6.04 Å². The van der Waals surface area contributed by atoms with Crippen molar-refractivity contribution in [3.8, 4) is 11.5 Å². The highest BCUT2D eigenvalue weighted by molar-refractivity contribution is 5.44. The minimum absolute atomic E-state index is 0.0761. The number of tetrazole rings is 1. The van der Waals surface area contributed by atoms with Crippen molar-refractivity contribution in [3.05, 3.63) is 72.3 Å². The molecule has 2 aromatic carbocycles. The van der Waals surface area contributed by atoms with Crippen LogP contribution < -0.4 is 10.1 Å². The molecule has 0 amide bonds. The molecule has 1 N–H and O–H groups in total. The number of hydrogen-bond donors (Lipinski definition) is 1. The highest BCUT2D eigenvalue weighted by atomic mass is 16.5. The third kappa shape index (κ3) is 3.40. The number of hydrogen-bond acceptors (Lipinski definition) is 6. The Kier molecular flexibility index (Phi) is 3.96. The van der Waals surface area contributed by atoms with Crippen LogP contribution in [0.25, 0.3) is 5.65 Å². The molecular weight excluding hydrogens is 316 g/mol. The average Bonchev–Trinajstić information content (AvgIpc) is 3.11. The number of aromatic nitrogens is 5. The molecule has 7 nitrogen and oxygen atoms in total. The first-order valence-corrected chi connectivity index (χ1v) is 7.93. The molecule has 2 aromatic heterocycles. The number of benzene rings is 2. The van der Waals surface area contributed by atoms with Crippen LogP contribution in [0.4, 0.5) is 5.82 Å². The van der Waals surface area contributed by atoms with E-state index in [1.807, 2.05) is 66.7 Å². The van der Waals surface area contributed by atoms with E-state index in [0.29, 0.717) is 11.5 Å². The third-order valence-electron chi connectivity index (χ3n) is 3.79. The summed E-state index contributed by atoms with van der Waals surface area (Å²) in [4.78, 5) is 0. The molecule has 0 saturated carbocycles. The van der Waals surface area contributed by atoms with Crippen LogP contribution in [0, 0.1) is 0 Å². The van der Waals surface area contributed by atoms with Crippen molar-refractivity contribution >= 4 is 11.5 Å². The van der Waals surface area contributed by atoms with Crippen molar-refractivity contribution in [2.45, 2.75) is 13.0 Å². The summed E-state index contributed by atoms with van der Waals surface area (Å²) in [5.74, 6) is 2.33. The Hall–Kier alpha value is -3.48. The Bertz CT molecular complexity index is 968. The summed E-state index contributed by atoms with van der Waals surface area (Å²) in [7, 11) is 0. The van der Waals surface area contributed by atoms with Crippen molar-refractivity contribution in [2.75, 3.05) is 5.32 Å². The van der Waals surface area contributed by atoms with Crippen LogP contribution in [-0.4, -0.2) is 25.3 Å². The summed E-state index contributed by atoms with van der Waals surface area (Å²) >= 11 is 0. The van der Waals surface area contributed by atoms with Crippen LogP contribution in [0.3, 0.4) is 0 Å². The Morgan fingerprint density at radius 1 is 0.920 bits per heavy atom. The number of nitrogens with zero attached hydrogens (tertiary/aromatic N) is 5. The van der Waals surface area contributed by atoms with Gasteiger partial charge >= 0.3 is 0 Å². The van der Waals surface area contributed by atoms with Gasteiger partial charge in [0, 0.05) is 0 Å². The molecule has 0 radical (unpaired) electrons. The van der Waals surface area contributed by atoms with Gasteiger partial charge in [0.25, 0.3) is 0 Å². The number of anilines is 1. The second-order valence-corrected chi connectivity index (χ2v) is 5.60. The third-order valence-corrected chi connectivity index (χ3v) is 3.79. The lowest BCUT2D eigenvalue weighted by Gasteiger charge is -2.15. The lowest BCUT2D eigenvalue weighted by molar-refractivity contribution is 0.482. The first kappa shape index (κ1) is 15.1. The summed E-state index contributed by atoms with van der Waals surface area (Å²) in [5.41, 5.74) is 1.74. The van der Waals surface area contributed by atoms with Crippen LogP contribution in [0.5, 0.6) is 11.5 Å². The van der Waals surface area contributed by atoms with Gasteiger partial charge in [-0.15, -0.1) is 14.8 Å². The molecule has 0 unspecified atom stereocenters. The maximum atomic E-state index is 5.81. The topological polar surface area (TPSA) is 77.2 Å². The fourth-order valence-corrected chi connectivity index (χ4v) is 2.48. The van der Waals surface area contributed by atoms with E-state index in [4.69, 9.17) is 4.74 Å². The Balaban J connectivity index is 1.45. The minimum atomic E-state index is 0.0761. The average molecular weight is 332 g/mol. The Labute approximate surface area is 144 Å². The Morgan fingerprint density at radius 3 is 2.48 bits per heavy atom. The van der Waals surface area contributed by atoms with E-state index in [1.54, 1.807) is 0 Å². The van der Waals surface area contributed by atoms with Gasteiger partial charge in [-0.2, -0.15) is 0 Å². The first-order valence-electron chi connectivity index (χ1n) is 7.93. The molecule has 0 fully saturated rings. The predicted molar refractivity (Wildman–Crippen MR) is 93.6 cm³/mol. The van der Waals surface area contributed by atoms with Crippen LogP contribution in [0.1, 0.15) is 18.5 Å². The molecular formula is C18H16N6O. The summed E-state index contributed by atoms with van der Waals surface area (Å²) in [6.07, 6.45) is 0. The molecule has 0 aliphatic carbocycles. The number of ether oxygens (including phenoxy) is 1. The molecule has 2 heterocycles. The predicted octanol–water partition coefficient (Wildman–Crippen LogP) is 3.48. The van der Waals surface area contributed by atoms with Gasteiger partial charge in [-0.05, 0) is 59.3 Å². The van der Waals surface area contributed by atoms with Crippen molar-refractivity contribution < 1.29 is 4.74 Å². The van der Waals surface area contributed by atoms with Crippen LogP contribution in [0.15, 0.2) is 66.7 Å². The molecule has 25 heavy (non-hydrogen) atoms. The zero-order valence-corrected chi connectivity index (χ0v) is 13.6. The van der Waals surface area contributed by atoms with Gasteiger partial charge < -0.3 is 10.1 Å². The highest BCUT2D eigenvalue weighted by Crippen LogP contribution is 2.24. The van der Waals surface area contributed by atoms with Gasteiger partial charge in [-0.25, -0.2) is 0 Å². The Morgan fingerprint density at radius 2 is 1.68 bits per heavy atom. The zero-order valence-electron chi connectivity index (χ0n) is 13.6. The number of rotatable bonds is 5. The van der Waals surface area contributed by atoms with E-state index in [1.165, 1.54) is 4.63 Å². The van der Waals surface area contributed by atoms with E-state index < -0.39 is 0 Å². The largest absolute Gasteiger partial charge is 0.457 e. The molecule has 0 aliphatic rings. The molecule has 0 saturated heterocycles. The molecule has 0 bridgehead atoms. The van der Waals surface area contributed by atoms with E-state index in [-0.39, 0.29) is 6.04 Å². The smallest absolute Gasteiger partial charge is 0.200 e. The normalized spacial score (nSPS) is 12.0. The number of fused-ring (bicyclic) bond motifs is 1. The summed E-state index contributed by atoms with van der Waals surface area (Å²) in [6.45, 7) is 2.07. The highest BCUT2D eigenvalue weighted by Gasteiger charge is 2.08. The van der Waals surface area contributed by atoms with E-state index in [0.717, 1.165) is 17.1 Å². The molecule has 7 heteroatoms. The van der Waals surface area contributed by atoms with Gasteiger partial charge in [0.1, 0.15) is 17.3 Å². The monoisotopic (exact) mass is 332 g/mol. The fraction of sp³-hybridized carbons (Fsp3) is 0.111. The quantitative estimate of drug-likeness (QED) is 0.603. The summed E-state index contributed by atoms with van der Waals surface area (Å²) < 4.78 is 7.21. The van der Waals surface area contributed by atoms with Crippen LogP contribution in [-0.2, 0) is 0 Å². The standard InChI is InChI=1S/C18H16N6O/c1-13(19-17-11-12-18-20-22-23-24(18)21-17)14-7-9-16(10-8-14)25-15-5-3-2-4-6-15/h2-13H,1H3,(H,19,21)/t13-/m1/s1. The van der Waals surface area contributed by atoms with E-state index in [2.05, 4.69) is 32.9 Å². The summed E-state index contributed by atoms with van der Waals surface area (Å²) in [6, 6.07) is 21.4. The lowest BCUT2D eigenvalue weighted by atomic mass is 10.1. The number of para-hydroxylation sites is 1.